The Hall–Kier alpha value is -2.01. The van der Waals surface area contributed by atoms with E-state index < -0.39 is 23.5 Å². The van der Waals surface area contributed by atoms with Crippen molar-refractivity contribution in [3.05, 3.63) is 65.0 Å². The van der Waals surface area contributed by atoms with Crippen molar-refractivity contribution in [3.63, 3.8) is 0 Å². The number of rotatable bonds is 5. The molecule has 1 unspecified atom stereocenters. The molecule has 21 heavy (non-hydrogen) atoms. The SMILES string of the molecule is CCOc1cccc(C(NC)c2ccc(F)c(F)c2F)c1. The zero-order valence-electron chi connectivity index (χ0n) is 11.8. The third-order valence-electron chi connectivity index (χ3n) is 3.17. The second-order valence-corrected chi connectivity index (χ2v) is 4.49. The lowest BCUT2D eigenvalue weighted by Crippen LogP contribution is -2.20. The van der Waals surface area contributed by atoms with Gasteiger partial charge in [-0.25, -0.2) is 13.2 Å². The molecule has 2 rings (SSSR count). The highest BCUT2D eigenvalue weighted by atomic mass is 19.2. The fourth-order valence-electron chi connectivity index (χ4n) is 2.22. The van der Waals surface area contributed by atoms with Gasteiger partial charge in [0.2, 0.25) is 0 Å². The lowest BCUT2D eigenvalue weighted by molar-refractivity contribution is 0.339. The molecule has 112 valence electrons. The maximum Gasteiger partial charge on any atom is 0.194 e. The summed E-state index contributed by atoms with van der Waals surface area (Å²) in [6.07, 6.45) is 0. The van der Waals surface area contributed by atoms with Crippen LogP contribution in [0, 0.1) is 17.5 Å². The molecular formula is C16H16F3NO. The van der Waals surface area contributed by atoms with Crippen LogP contribution in [0.5, 0.6) is 5.75 Å². The molecule has 2 aromatic carbocycles. The van der Waals surface area contributed by atoms with Gasteiger partial charge in [-0.15, -0.1) is 0 Å². The predicted molar refractivity (Wildman–Crippen MR) is 74.8 cm³/mol. The minimum Gasteiger partial charge on any atom is -0.494 e. The van der Waals surface area contributed by atoms with Crippen LogP contribution in [-0.4, -0.2) is 13.7 Å². The number of hydrogen-bond acceptors (Lipinski definition) is 2. The van der Waals surface area contributed by atoms with Crippen LogP contribution >= 0.6 is 0 Å². The maximum atomic E-state index is 13.9. The molecule has 0 aliphatic rings. The average Bonchev–Trinajstić information content (AvgIpc) is 2.49. The fraction of sp³-hybridized carbons (Fsp3) is 0.250. The van der Waals surface area contributed by atoms with E-state index in [0.29, 0.717) is 17.9 Å². The zero-order chi connectivity index (χ0) is 15.4. The van der Waals surface area contributed by atoms with Gasteiger partial charge in [0.25, 0.3) is 0 Å². The molecule has 5 heteroatoms. The molecule has 0 heterocycles. The molecule has 0 amide bonds. The molecule has 0 radical (unpaired) electrons. The Kier molecular flexibility index (Phi) is 4.85. The van der Waals surface area contributed by atoms with Gasteiger partial charge in [0.1, 0.15) is 5.75 Å². The van der Waals surface area contributed by atoms with Crippen molar-refractivity contribution in [2.24, 2.45) is 0 Å². The summed E-state index contributed by atoms with van der Waals surface area (Å²) in [5.41, 5.74) is 0.749. The predicted octanol–water partition coefficient (Wildman–Crippen LogP) is 3.81. The van der Waals surface area contributed by atoms with Gasteiger partial charge in [-0.2, -0.15) is 0 Å². The molecule has 0 aliphatic carbocycles. The van der Waals surface area contributed by atoms with Gasteiger partial charge in [0, 0.05) is 5.56 Å². The highest BCUT2D eigenvalue weighted by Crippen LogP contribution is 2.28. The third-order valence-corrected chi connectivity index (χ3v) is 3.17. The summed E-state index contributed by atoms with van der Waals surface area (Å²) < 4.78 is 45.8. The second-order valence-electron chi connectivity index (χ2n) is 4.49. The summed E-state index contributed by atoms with van der Waals surface area (Å²) in [7, 11) is 1.62. The summed E-state index contributed by atoms with van der Waals surface area (Å²) in [4.78, 5) is 0. The minimum atomic E-state index is -1.46. The van der Waals surface area contributed by atoms with E-state index in [1.54, 1.807) is 31.3 Å². The topological polar surface area (TPSA) is 21.3 Å². The highest BCUT2D eigenvalue weighted by Gasteiger charge is 2.21. The lowest BCUT2D eigenvalue weighted by Gasteiger charge is -2.19. The number of halogens is 3. The lowest BCUT2D eigenvalue weighted by atomic mass is 9.98. The van der Waals surface area contributed by atoms with Crippen molar-refractivity contribution in [2.45, 2.75) is 13.0 Å². The first-order valence-corrected chi connectivity index (χ1v) is 6.61. The van der Waals surface area contributed by atoms with Crippen LogP contribution in [0.25, 0.3) is 0 Å². The first-order valence-electron chi connectivity index (χ1n) is 6.61. The summed E-state index contributed by atoms with van der Waals surface area (Å²) in [5.74, 6) is -3.21. The molecule has 2 nitrogen and oxygen atoms in total. The Morgan fingerprint density at radius 3 is 2.52 bits per heavy atom. The van der Waals surface area contributed by atoms with Gasteiger partial charge in [-0.1, -0.05) is 18.2 Å². The van der Waals surface area contributed by atoms with Crippen molar-refractivity contribution in [1.29, 1.82) is 0 Å². The van der Waals surface area contributed by atoms with Crippen LogP contribution in [-0.2, 0) is 0 Å². The summed E-state index contributed by atoms with van der Waals surface area (Å²) >= 11 is 0. The molecule has 0 fully saturated rings. The standard InChI is InChI=1S/C16H16F3NO/c1-3-21-11-6-4-5-10(9-11)16(20-2)12-7-8-13(17)15(19)14(12)18/h4-9,16,20H,3H2,1-2H3. The molecule has 0 saturated heterocycles. The zero-order valence-corrected chi connectivity index (χ0v) is 11.8. The first kappa shape index (κ1) is 15.4. The second kappa shape index (κ2) is 6.63. The molecule has 0 saturated carbocycles. The Labute approximate surface area is 121 Å². The van der Waals surface area contributed by atoms with Crippen LogP contribution in [0.2, 0.25) is 0 Å². The van der Waals surface area contributed by atoms with E-state index in [1.807, 2.05) is 6.92 Å². The normalized spacial score (nSPS) is 12.2. The highest BCUT2D eigenvalue weighted by molar-refractivity contribution is 5.37. The Morgan fingerprint density at radius 1 is 1.10 bits per heavy atom. The van der Waals surface area contributed by atoms with E-state index >= 15 is 0 Å². The van der Waals surface area contributed by atoms with Gasteiger partial charge in [-0.05, 0) is 37.7 Å². The Morgan fingerprint density at radius 2 is 1.86 bits per heavy atom. The van der Waals surface area contributed by atoms with Gasteiger partial charge in [0.05, 0.1) is 12.6 Å². The van der Waals surface area contributed by atoms with Crippen LogP contribution in [0.15, 0.2) is 36.4 Å². The van der Waals surface area contributed by atoms with Crippen LogP contribution in [0.4, 0.5) is 13.2 Å². The maximum absolute atomic E-state index is 13.9. The quantitative estimate of drug-likeness (QED) is 0.847. The average molecular weight is 295 g/mol. The number of hydrogen-bond donors (Lipinski definition) is 1. The van der Waals surface area contributed by atoms with Crippen molar-refractivity contribution >= 4 is 0 Å². The summed E-state index contributed by atoms with van der Waals surface area (Å²) in [6.45, 7) is 2.37. The monoisotopic (exact) mass is 295 g/mol. The van der Waals surface area contributed by atoms with Gasteiger partial charge in [-0.3, -0.25) is 0 Å². The van der Waals surface area contributed by atoms with E-state index in [4.69, 9.17) is 4.74 Å². The van der Waals surface area contributed by atoms with Crippen molar-refractivity contribution < 1.29 is 17.9 Å². The molecule has 1 atom stereocenters. The number of nitrogens with one attached hydrogen (secondary N) is 1. The molecule has 0 aliphatic heterocycles. The Balaban J connectivity index is 2.44. The van der Waals surface area contributed by atoms with Crippen LogP contribution in [0.3, 0.4) is 0 Å². The summed E-state index contributed by atoms with van der Waals surface area (Å²) in [6, 6.07) is 8.62. The van der Waals surface area contributed by atoms with E-state index in [1.165, 1.54) is 6.07 Å². The molecule has 0 aromatic heterocycles. The molecular weight excluding hydrogens is 279 g/mol. The number of benzene rings is 2. The van der Waals surface area contributed by atoms with E-state index in [-0.39, 0.29) is 5.56 Å². The molecule has 0 bridgehead atoms. The van der Waals surface area contributed by atoms with Crippen molar-refractivity contribution in [2.75, 3.05) is 13.7 Å². The van der Waals surface area contributed by atoms with Crippen LogP contribution in [0.1, 0.15) is 24.1 Å². The van der Waals surface area contributed by atoms with Crippen LogP contribution < -0.4 is 10.1 Å². The summed E-state index contributed by atoms with van der Waals surface area (Å²) in [5, 5.41) is 2.91. The van der Waals surface area contributed by atoms with Gasteiger partial charge < -0.3 is 10.1 Å². The largest absolute Gasteiger partial charge is 0.494 e. The molecule has 1 N–H and O–H groups in total. The van der Waals surface area contributed by atoms with Crippen molar-refractivity contribution in [1.82, 2.24) is 5.32 Å². The van der Waals surface area contributed by atoms with E-state index in [0.717, 1.165) is 6.07 Å². The smallest absolute Gasteiger partial charge is 0.194 e. The first-order chi connectivity index (χ1) is 10.1. The van der Waals surface area contributed by atoms with Gasteiger partial charge in [0.15, 0.2) is 17.5 Å². The van der Waals surface area contributed by atoms with Gasteiger partial charge >= 0.3 is 0 Å². The third kappa shape index (κ3) is 3.19. The Bertz CT molecular complexity index is 631. The molecule has 0 spiro atoms. The number of ether oxygens (including phenoxy) is 1. The minimum absolute atomic E-state index is 0.0463. The van der Waals surface area contributed by atoms with E-state index in [9.17, 15) is 13.2 Å². The van der Waals surface area contributed by atoms with E-state index in [2.05, 4.69) is 5.32 Å². The fourth-order valence-corrected chi connectivity index (χ4v) is 2.22. The molecule has 2 aromatic rings. The van der Waals surface area contributed by atoms with Crippen molar-refractivity contribution in [3.8, 4) is 5.75 Å².